The molecule has 0 aliphatic carbocycles. The average molecular weight is 1810 g/mol. The lowest BCUT2D eigenvalue weighted by Crippen LogP contribution is -1.83. The van der Waals surface area contributed by atoms with Crippen LogP contribution in [0.1, 0.15) is 89.0 Å². The molecule has 0 bridgehead atoms. The summed E-state index contributed by atoms with van der Waals surface area (Å²) < 4.78 is 0. The lowest BCUT2D eigenvalue weighted by Gasteiger charge is -2.10. The molecule has 0 aliphatic heterocycles. The van der Waals surface area contributed by atoms with Gasteiger partial charge >= 0.3 is 0 Å². The van der Waals surface area contributed by atoms with Crippen molar-refractivity contribution in [2.45, 2.75) is 111 Å². The Kier molecular flexibility index (Phi) is 37.4. The molecule has 0 saturated heterocycles. The van der Waals surface area contributed by atoms with Crippen LogP contribution in [-0.4, -0.2) is 0 Å². The molecule has 0 heteroatoms. The van der Waals surface area contributed by atoms with Crippen molar-refractivity contribution in [3.63, 3.8) is 0 Å². The highest BCUT2D eigenvalue weighted by molar-refractivity contribution is 6.25. The molecule has 140 heavy (non-hydrogen) atoms. The van der Waals surface area contributed by atoms with E-state index in [1.165, 1.54) is 220 Å². The number of hydrogen-bond acceptors (Lipinski definition) is 0. The molecule has 0 saturated carbocycles. The third-order valence-electron chi connectivity index (χ3n) is 24.6. The Hall–Kier alpha value is -16.1. The van der Waals surface area contributed by atoms with E-state index in [1.54, 1.807) is 0 Å². The van der Waals surface area contributed by atoms with Crippen LogP contribution in [0.3, 0.4) is 0 Å². The maximum absolute atomic E-state index is 2.30. The summed E-state index contributed by atoms with van der Waals surface area (Å²) in [4.78, 5) is 0. The molecule has 0 spiro atoms. The molecule has 692 valence electrons. The highest BCUT2D eigenvalue weighted by atomic mass is 14.1. The van der Waals surface area contributed by atoms with Crippen LogP contribution in [0.15, 0.2) is 510 Å². The largest absolute Gasteiger partial charge is 0.0622 e. The van der Waals surface area contributed by atoms with Crippen LogP contribution in [0.25, 0.3) is 131 Å². The number of benzene rings is 23. The Labute approximate surface area is 834 Å². The molecule has 0 nitrogen and oxygen atoms in total. The molecule has 0 amide bonds. The summed E-state index contributed by atoms with van der Waals surface area (Å²) >= 11 is 0. The standard InChI is InChI=1S/C19H14.C19H16.C15H12.C14H14.2C13H12.C12H12.C11H10.C9H12.C8H10.C7H8/c1-13-10-11-18-16-8-3-2-6-14(16)15-7-4-5-9-17(15)19(18)12-13;1-15-10-12-17(13-11-15)19-9-5-8-18(14-19)16-6-3-2-4-7-16;1-11-10-12-6-2-3-8-14(12)15-9-5-4-7-13(11)15;1-11-6-8-13(9-7-11)14-5-3-4-12(2)10-14;1-11-6-5-9-13(10-11)12-7-3-2-4-8-12;1-11-7-9-13(10-8-11)12-5-3-2-4-6-12;1-9-7-10(2)12-6-4-3-5-11(12)8-9;1-9-5-4-7-10-6-2-3-8-11(9)10;1-7-4-8(2)6-9(3)5-7;1-7-4-3-5-8(2)6-7;1-7-5-3-2-4-6-7/h2-12H,1H3;2-14H,1H3;2-10H,1H3;3-10H,1-2H3;2*2-10H,1H3;3-8H,1-2H3;2-8H,1H3;4-6H,1-3H3;3-6H,1-2H3;2-6H,1H3. The third-order valence-corrected chi connectivity index (χ3v) is 24.6. The lowest BCUT2D eigenvalue weighted by molar-refractivity contribution is 1.32. The zero-order valence-electron chi connectivity index (χ0n) is 84.5. The van der Waals surface area contributed by atoms with E-state index < -0.39 is 0 Å². The molecule has 0 heterocycles. The van der Waals surface area contributed by atoms with Crippen molar-refractivity contribution in [3.05, 3.63) is 599 Å². The smallest absolute Gasteiger partial charge is 0.00963 e. The molecule has 0 fully saturated rings. The third kappa shape index (κ3) is 30.2. The predicted molar refractivity (Wildman–Crippen MR) is 616 cm³/mol. The van der Waals surface area contributed by atoms with Gasteiger partial charge in [-0.25, -0.2) is 0 Å². The quantitative estimate of drug-likeness (QED) is 0.151. The molecule has 0 unspecified atom stereocenters. The second-order valence-electron chi connectivity index (χ2n) is 36.7. The van der Waals surface area contributed by atoms with Crippen molar-refractivity contribution in [1.82, 2.24) is 0 Å². The van der Waals surface area contributed by atoms with Crippen LogP contribution >= 0.6 is 0 Å². The summed E-state index contributed by atoms with van der Waals surface area (Å²) in [5, 5.41) is 18.9. The summed E-state index contributed by atoms with van der Waals surface area (Å²) in [6.07, 6.45) is 0. The number of rotatable bonds is 5. The minimum Gasteiger partial charge on any atom is -0.0622 e. The summed E-state index contributed by atoms with van der Waals surface area (Å²) in [6.45, 7) is 34.0. The maximum atomic E-state index is 2.30. The molecule has 0 aromatic heterocycles. The Morgan fingerprint density at radius 1 is 0.0857 bits per heavy atom. The van der Waals surface area contributed by atoms with Crippen LogP contribution in [-0.2, 0) is 0 Å². The van der Waals surface area contributed by atoms with Crippen LogP contribution < -0.4 is 0 Å². The van der Waals surface area contributed by atoms with Gasteiger partial charge in [-0.3, -0.25) is 0 Å². The fraction of sp³-hybridized carbons (Fsp3) is 0.114. The Morgan fingerprint density at radius 3 is 0.707 bits per heavy atom. The van der Waals surface area contributed by atoms with Gasteiger partial charge in [-0.05, 0) is 265 Å². The molecule has 0 aliphatic rings. The van der Waals surface area contributed by atoms with Gasteiger partial charge in [0.2, 0.25) is 0 Å². The van der Waals surface area contributed by atoms with E-state index in [0.29, 0.717) is 0 Å². The van der Waals surface area contributed by atoms with Crippen molar-refractivity contribution >= 4 is 75.4 Å². The Balaban J connectivity index is 0.000000131. The van der Waals surface area contributed by atoms with Crippen molar-refractivity contribution in [3.8, 4) is 55.6 Å². The van der Waals surface area contributed by atoms with Gasteiger partial charge in [-0.15, -0.1) is 0 Å². The lowest BCUT2D eigenvalue weighted by atomic mass is 9.93. The molecule has 23 aromatic carbocycles. The van der Waals surface area contributed by atoms with Crippen molar-refractivity contribution in [2.75, 3.05) is 0 Å². The van der Waals surface area contributed by atoms with Crippen LogP contribution in [0.4, 0.5) is 0 Å². The van der Waals surface area contributed by atoms with E-state index >= 15 is 0 Å². The number of fused-ring (bicyclic) bond motifs is 11. The monoisotopic (exact) mass is 1810 g/mol. The van der Waals surface area contributed by atoms with Gasteiger partial charge in [0, 0.05) is 0 Å². The van der Waals surface area contributed by atoms with Gasteiger partial charge in [0.1, 0.15) is 0 Å². The van der Waals surface area contributed by atoms with E-state index in [0.717, 1.165) is 0 Å². The molecule has 23 aromatic rings. The van der Waals surface area contributed by atoms with Crippen molar-refractivity contribution in [1.29, 1.82) is 0 Å². The van der Waals surface area contributed by atoms with Gasteiger partial charge in [0.25, 0.3) is 0 Å². The first kappa shape index (κ1) is 101. The van der Waals surface area contributed by atoms with Crippen LogP contribution in [0.2, 0.25) is 0 Å². The van der Waals surface area contributed by atoms with Gasteiger partial charge in [-0.2, -0.15) is 0 Å². The zero-order valence-corrected chi connectivity index (χ0v) is 84.5. The summed E-state index contributed by atoms with van der Waals surface area (Å²) in [5.74, 6) is 0. The second kappa shape index (κ2) is 51.7. The van der Waals surface area contributed by atoms with Crippen LogP contribution in [0.5, 0.6) is 0 Å². The first-order valence-corrected chi connectivity index (χ1v) is 48.8. The van der Waals surface area contributed by atoms with Crippen LogP contribution in [0, 0.1) is 111 Å². The Morgan fingerprint density at radius 2 is 0.314 bits per heavy atom. The van der Waals surface area contributed by atoms with Gasteiger partial charge in [0.15, 0.2) is 0 Å². The molecular formula is C140H132. The number of hydrogen-bond donors (Lipinski definition) is 0. The minimum atomic E-state index is 1.26. The SMILES string of the molecule is Cc1cc(C)c2ccccc2c1.Cc1cc(C)cc(C)c1.Cc1cc2ccccc2c2ccccc12.Cc1ccc(-c2cccc(-c3ccccc3)c2)cc1.Cc1ccc(-c2cccc(C)c2)cc1.Cc1ccc(-c2ccccc2)cc1.Cc1ccc2c3ccccc3c3ccccc3c2c1.Cc1cccc(-c2ccccc2)c1.Cc1cccc(C)c1.Cc1cccc2ccccc12.Cc1ccccc1. The highest BCUT2D eigenvalue weighted by Crippen LogP contribution is 2.37. The van der Waals surface area contributed by atoms with E-state index in [4.69, 9.17) is 0 Å². The predicted octanol–water partition coefficient (Wildman–Crippen LogP) is 39.9. The van der Waals surface area contributed by atoms with E-state index in [9.17, 15) is 0 Å². The molecule has 0 atom stereocenters. The minimum absolute atomic E-state index is 1.26. The van der Waals surface area contributed by atoms with Crippen molar-refractivity contribution in [2.24, 2.45) is 0 Å². The van der Waals surface area contributed by atoms with E-state index in [-0.39, 0.29) is 0 Å². The first-order chi connectivity index (χ1) is 68.0. The fourth-order valence-electron chi connectivity index (χ4n) is 17.5. The summed E-state index contributed by atoms with van der Waals surface area (Å²) in [7, 11) is 0. The summed E-state index contributed by atoms with van der Waals surface area (Å²) in [5.41, 5.74) is 34.1. The summed E-state index contributed by atoms with van der Waals surface area (Å²) in [6, 6.07) is 180. The average Bonchev–Trinajstić information content (AvgIpc) is 0.745. The van der Waals surface area contributed by atoms with Gasteiger partial charge < -0.3 is 0 Å². The molecule has 23 rings (SSSR count). The normalized spacial score (nSPS) is 10.3. The van der Waals surface area contributed by atoms with Crippen molar-refractivity contribution < 1.29 is 0 Å². The molecule has 0 radical (unpaired) electrons. The molecular weight excluding hydrogens is 1680 g/mol. The van der Waals surface area contributed by atoms with Gasteiger partial charge in [-0.1, -0.05) is 576 Å². The van der Waals surface area contributed by atoms with E-state index in [1.807, 2.05) is 36.4 Å². The number of aryl methyl sites for hydroxylation is 16. The first-order valence-electron chi connectivity index (χ1n) is 48.8. The maximum Gasteiger partial charge on any atom is -0.00963 e. The second-order valence-corrected chi connectivity index (χ2v) is 36.7. The van der Waals surface area contributed by atoms with E-state index in [2.05, 4.69) is 584 Å². The highest BCUT2D eigenvalue weighted by Gasteiger charge is 2.10. The fourth-order valence-corrected chi connectivity index (χ4v) is 17.5. The molecule has 0 N–H and O–H groups in total. The topological polar surface area (TPSA) is 0 Å². The zero-order chi connectivity index (χ0) is 98.5. The van der Waals surface area contributed by atoms with Gasteiger partial charge in [0.05, 0.1) is 0 Å². The Bertz CT molecular complexity index is 7730.